The Balaban J connectivity index is 1.80. The van der Waals surface area contributed by atoms with Crippen molar-refractivity contribution in [3.8, 4) is 0 Å². The number of nitrogens with one attached hydrogen (secondary N) is 1. The summed E-state index contributed by atoms with van der Waals surface area (Å²) in [5, 5.41) is 2.64. The van der Waals surface area contributed by atoms with E-state index in [4.69, 9.17) is 0 Å². The van der Waals surface area contributed by atoms with Gasteiger partial charge in [-0.15, -0.1) is 0 Å². The summed E-state index contributed by atoms with van der Waals surface area (Å²) in [6, 6.07) is 0.726. The second-order valence-corrected chi connectivity index (χ2v) is 7.21. The molecule has 1 unspecified atom stereocenters. The molecule has 1 N–H and O–H groups in total. The van der Waals surface area contributed by atoms with Gasteiger partial charge < -0.3 is 9.88 Å². The highest BCUT2D eigenvalue weighted by atomic mass is 19.4. The van der Waals surface area contributed by atoms with Crippen LogP contribution in [0.1, 0.15) is 41.5 Å². The number of carbonyl (C=O) groups excluding carboxylic acids is 3. The van der Waals surface area contributed by atoms with Gasteiger partial charge in [0.25, 0.3) is 5.91 Å². The van der Waals surface area contributed by atoms with Gasteiger partial charge in [-0.1, -0.05) is 0 Å². The highest BCUT2D eigenvalue weighted by Gasteiger charge is 2.56. The first kappa shape index (κ1) is 18.5. The van der Waals surface area contributed by atoms with Crippen LogP contribution in [0.15, 0.2) is 6.07 Å². The number of rotatable bonds is 5. The SMILES string of the molecule is Cc1cc(C(=O)CN2C(=O)NC(C)(C3CC3)C2=O)c(C)n1CC(F)(F)F. The Bertz CT molecular complexity index is 795. The molecule has 2 heterocycles. The minimum Gasteiger partial charge on any atom is -0.339 e. The Morgan fingerprint density at radius 2 is 1.92 bits per heavy atom. The number of urea groups is 1. The summed E-state index contributed by atoms with van der Waals surface area (Å²) in [7, 11) is 0. The molecule has 0 bridgehead atoms. The smallest absolute Gasteiger partial charge is 0.339 e. The number of aryl methyl sites for hydroxylation is 1. The molecule has 2 aliphatic rings. The number of Topliss-reactive ketones (excluding diaryl/α,β-unsaturated/α-hetero) is 1. The van der Waals surface area contributed by atoms with Crippen LogP contribution in [0.2, 0.25) is 0 Å². The van der Waals surface area contributed by atoms with Crippen molar-refractivity contribution in [2.24, 2.45) is 5.92 Å². The Kier molecular flexibility index (Phi) is 4.16. The Morgan fingerprint density at radius 3 is 2.46 bits per heavy atom. The quantitative estimate of drug-likeness (QED) is 0.639. The first-order chi connectivity index (χ1) is 11.9. The molecule has 0 aromatic carbocycles. The van der Waals surface area contributed by atoms with Crippen molar-refractivity contribution in [1.29, 1.82) is 0 Å². The lowest BCUT2D eigenvalue weighted by Crippen LogP contribution is -2.46. The molecular weight excluding hydrogens is 351 g/mol. The maximum atomic E-state index is 12.7. The van der Waals surface area contributed by atoms with Gasteiger partial charge >= 0.3 is 12.2 Å². The monoisotopic (exact) mass is 371 g/mol. The van der Waals surface area contributed by atoms with Crippen molar-refractivity contribution in [2.45, 2.75) is 51.9 Å². The van der Waals surface area contributed by atoms with E-state index in [1.54, 1.807) is 6.92 Å². The number of hydrogen-bond donors (Lipinski definition) is 1. The molecule has 9 heteroatoms. The fourth-order valence-electron chi connectivity index (χ4n) is 3.53. The number of carbonyl (C=O) groups is 3. The average Bonchev–Trinajstić information content (AvgIpc) is 3.30. The van der Waals surface area contributed by atoms with Crippen LogP contribution in [0, 0.1) is 19.8 Å². The van der Waals surface area contributed by atoms with Gasteiger partial charge in [0.2, 0.25) is 0 Å². The van der Waals surface area contributed by atoms with Crippen molar-refractivity contribution < 1.29 is 27.6 Å². The van der Waals surface area contributed by atoms with E-state index in [0.717, 1.165) is 22.3 Å². The molecule has 1 aromatic rings. The molecule has 3 amide bonds. The molecule has 6 nitrogen and oxygen atoms in total. The molecule has 1 aromatic heterocycles. The van der Waals surface area contributed by atoms with Gasteiger partial charge in [0.05, 0.1) is 6.54 Å². The summed E-state index contributed by atoms with van der Waals surface area (Å²) < 4.78 is 39.1. The fourth-order valence-corrected chi connectivity index (χ4v) is 3.53. The van der Waals surface area contributed by atoms with Gasteiger partial charge in [0.15, 0.2) is 5.78 Å². The largest absolute Gasteiger partial charge is 0.406 e. The van der Waals surface area contributed by atoms with Crippen molar-refractivity contribution >= 4 is 17.7 Å². The Hall–Kier alpha value is -2.32. The van der Waals surface area contributed by atoms with Gasteiger partial charge in [-0.05, 0) is 45.6 Å². The third kappa shape index (κ3) is 3.10. The van der Waals surface area contributed by atoms with Crippen molar-refractivity contribution in [3.05, 3.63) is 23.0 Å². The number of ketones is 1. The van der Waals surface area contributed by atoms with E-state index in [1.807, 2.05) is 0 Å². The summed E-state index contributed by atoms with van der Waals surface area (Å²) in [4.78, 5) is 38.1. The molecule has 1 saturated heterocycles. The van der Waals surface area contributed by atoms with E-state index < -0.39 is 42.5 Å². The molecule has 3 rings (SSSR count). The number of hydrogen-bond acceptors (Lipinski definition) is 3. The maximum absolute atomic E-state index is 12.7. The van der Waals surface area contributed by atoms with Crippen LogP contribution in [0.3, 0.4) is 0 Å². The summed E-state index contributed by atoms with van der Waals surface area (Å²) in [5.74, 6) is -0.951. The number of aromatic nitrogens is 1. The lowest BCUT2D eigenvalue weighted by Gasteiger charge is -2.20. The van der Waals surface area contributed by atoms with Gasteiger partial charge in [0.1, 0.15) is 12.1 Å². The van der Waals surface area contributed by atoms with E-state index >= 15 is 0 Å². The molecule has 26 heavy (non-hydrogen) atoms. The lowest BCUT2D eigenvalue weighted by atomic mass is 9.96. The van der Waals surface area contributed by atoms with Gasteiger partial charge in [-0.2, -0.15) is 13.2 Å². The zero-order valence-corrected chi connectivity index (χ0v) is 14.7. The minimum absolute atomic E-state index is 0.0656. The standard InChI is InChI=1S/C17H20F3N3O3/c1-9-6-12(10(2)23(9)8-17(18,19)20)13(24)7-22-14(25)16(3,11-4-5-11)21-15(22)26/h6,11H,4-5,7-8H2,1-3H3,(H,21,26). The molecular formula is C17H20F3N3O3. The maximum Gasteiger partial charge on any atom is 0.406 e. The van der Waals surface area contributed by atoms with E-state index in [2.05, 4.69) is 5.32 Å². The lowest BCUT2D eigenvalue weighted by molar-refractivity contribution is -0.141. The fraction of sp³-hybridized carbons (Fsp3) is 0.588. The van der Waals surface area contributed by atoms with Crippen LogP contribution in [-0.4, -0.2) is 45.4 Å². The summed E-state index contributed by atoms with van der Waals surface area (Å²) in [5.41, 5.74) is -0.442. The van der Waals surface area contributed by atoms with Gasteiger partial charge in [0, 0.05) is 17.0 Å². The van der Waals surface area contributed by atoms with Crippen molar-refractivity contribution in [3.63, 3.8) is 0 Å². The normalized spacial score (nSPS) is 23.5. The number of nitrogens with zero attached hydrogens (tertiary/aromatic N) is 2. The molecule has 0 spiro atoms. The first-order valence-electron chi connectivity index (χ1n) is 8.35. The Labute approximate surface area is 148 Å². The number of imide groups is 1. The Morgan fingerprint density at radius 1 is 1.31 bits per heavy atom. The van der Waals surface area contributed by atoms with Gasteiger partial charge in [-0.3, -0.25) is 14.5 Å². The van der Waals surface area contributed by atoms with Crippen LogP contribution >= 0.6 is 0 Å². The molecule has 142 valence electrons. The number of halogens is 3. The van der Waals surface area contributed by atoms with Crippen LogP contribution in [0.4, 0.5) is 18.0 Å². The zero-order valence-electron chi connectivity index (χ0n) is 14.7. The third-order valence-corrected chi connectivity index (χ3v) is 5.21. The first-order valence-corrected chi connectivity index (χ1v) is 8.35. The van der Waals surface area contributed by atoms with Crippen molar-refractivity contribution in [1.82, 2.24) is 14.8 Å². The van der Waals surface area contributed by atoms with Crippen LogP contribution < -0.4 is 5.32 Å². The predicted octanol–water partition coefficient (Wildman–Crippen LogP) is 2.57. The van der Waals surface area contributed by atoms with Crippen LogP contribution in [0.25, 0.3) is 0 Å². The summed E-state index contributed by atoms with van der Waals surface area (Å²) >= 11 is 0. The second-order valence-electron chi connectivity index (χ2n) is 7.21. The predicted molar refractivity (Wildman–Crippen MR) is 85.7 cm³/mol. The molecule has 0 radical (unpaired) electrons. The molecule has 1 saturated carbocycles. The zero-order chi connectivity index (χ0) is 19.4. The van der Waals surface area contributed by atoms with Crippen LogP contribution in [-0.2, 0) is 11.3 Å². The number of alkyl halides is 3. The average molecular weight is 371 g/mol. The third-order valence-electron chi connectivity index (χ3n) is 5.21. The van der Waals surface area contributed by atoms with E-state index in [0.29, 0.717) is 5.69 Å². The molecule has 1 atom stereocenters. The van der Waals surface area contributed by atoms with E-state index in [9.17, 15) is 27.6 Å². The topological polar surface area (TPSA) is 71.4 Å². The summed E-state index contributed by atoms with van der Waals surface area (Å²) in [6.45, 7) is 2.87. The number of amides is 3. The molecule has 1 aliphatic carbocycles. The van der Waals surface area contributed by atoms with Crippen molar-refractivity contribution in [2.75, 3.05) is 6.54 Å². The second kappa shape index (κ2) is 5.85. The highest BCUT2D eigenvalue weighted by molar-refractivity contribution is 6.11. The van der Waals surface area contributed by atoms with Crippen LogP contribution in [0.5, 0.6) is 0 Å². The van der Waals surface area contributed by atoms with E-state index in [1.165, 1.54) is 19.9 Å². The molecule has 2 fully saturated rings. The van der Waals surface area contributed by atoms with E-state index in [-0.39, 0.29) is 17.2 Å². The molecule has 1 aliphatic heterocycles. The van der Waals surface area contributed by atoms with Gasteiger partial charge in [-0.25, -0.2) is 4.79 Å². The minimum atomic E-state index is -4.41. The summed E-state index contributed by atoms with van der Waals surface area (Å²) in [6.07, 6.45) is -2.74. The highest BCUT2D eigenvalue weighted by Crippen LogP contribution is 2.42.